The molecule has 4 nitrogen and oxygen atoms in total. The minimum atomic E-state index is -4.34. The smallest absolute Gasteiger partial charge is 0.303 e. The maximum Gasteiger partial charge on any atom is 0.416 e. The molecule has 0 spiro atoms. The second-order valence-corrected chi connectivity index (χ2v) is 5.99. The summed E-state index contributed by atoms with van der Waals surface area (Å²) in [5.74, 6) is 0. The molecule has 3 aromatic rings. The van der Waals surface area contributed by atoms with Crippen LogP contribution in [0.5, 0.6) is 0 Å². The lowest BCUT2D eigenvalue weighted by Crippen LogP contribution is -2.32. The molecule has 0 unspecified atom stereocenters. The molecule has 1 aliphatic rings. The highest BCUT2D eigenvalue weighted by Gasteiger charge is 2.30. The second kappa shape index (κ2) is 6.00. The lowest BCUT2D eigenvalue weighted by molar-refractivity contribution is -0.137. The molecule has 1 atom stereocenters. The molecule has 0 radical (unpaired) electrons. The minimum Gasteiger partial charge on any atom is -0.303 e. The SMILES string of the molecule is FC(F)(F)c1ccc(-c2nnn3c2CN[C@H](c2ccccc2)C3)cc1. The molecule has 0 aliphatic carbocycles. The Labute approximate surface area is 142 Å². The lowest BCUT2D eigenvalue weighted by atomic mass is 10.0. The zero-order valence-electron chi connectivity index (χ0n) is 13.2. The Bertz CT molecular complexity index is 870. The fourth-order valence-corrected chi connectivity index (χ4v) is 3.06. The predicted octanol–water partition coefficient (Wildman–Crippen LogP) is 3.81. The Morgan fingerprint density at radius 1 is 1.00 bits per heavy atom. The number of halogens is 3. The van der Waals surface area contributed by atoms with Crippen LogP contribution in [0.1, 0.15) is 22.9 Å². The summed E-state index contributed by atoms with van der Waals surface area (Å²) in [6.07, 6.45) is -4.34. The fraction of sp³-hybridized carbons (Fsp3) is 0.222. The van der Waals surface area contributed by atoms with Gasteiger partial charge in [0.2, 0.25) is 0 Å². The number of rotatable bonds is 2. The van der Waals surface area contributed by atoms with Crippen molar-refractivity contribution in [1.82, 2.24) is 20.3 Å². The second-order valence-electron chi connectivity index (χ2n) is 5.99. The van der Waals surface area contributed by atoms with Crippen molar-refractivity contribution in [1.29, 1.82) is 0 Å². The van der Waals surface area contributed by atoms with Crippen LogP contribution in [0.2, 0.25) is 0 Å². The summed E-state index contributed by atoms with van der Waals surface area (Å²) in [6, 6.07) is 15.2. The van der Waals surface area contributed by atoms with E-state index in [0.29, 0.717) is 24.3 Å². The number of fused-ring (bicyclic) bond motifs is 1. The predicted molar refractivity (Wildman–Crippen MR) is 86.5 cm³/mol. The van der Waals surface area contributed by atoms with Crippen molar-refractivity contribution in [3.05, 3.63) is 71.4 Å². The maximum atomic E-state index is 12.7. The van der Waals surface area contributed by atoms with Crippen molar-refractivity contribution in [3.8, 4) is 11.3 Å². The van der Waals surface area contributed by atoms with Crippen LogP contribution in [0.3, 0.4) is 0 Å². The third-order valence-corrected chi connectivity index (χ3v) is 4.40. The summed E-state index contributed by atoms with van der Waals surface area (Å²) in [5.41, 5.74) is 2.63. The molecule has 4 rings (SSSR count). The Hall–Kier alpha value is -2.67. The van der Waals surface area contributed by atoms with Gasteiger partial charge in [-0.2, -0.15) is 13.2 Å². The van der Waals surface area contributed by atoms with Crippen LogP contribution in [0.15, 0.2) is 54.6 Å². The van der Waals surface area contributed by atoms with Gasteiger partial charge in [-0.05, 0) is 17.7 Å². The van der Waals surface area contributed by atoms with E-state index in [2.05, 4.69) is 27.8 Å². The molecule has 128 valence electrons. The summed E-state index contributed by atoms with van der Waals surface area (Å²) in [5, 5.41) is 11.8. The van der Waals surface area contributed by atoms with Crippen molar-refractivity contribution in [2.45, 2.75) is 25.3 Å². The zero-order valence-corrected chi connectivity index (χ0v) is 13.2. The van der Waals surface area contributed by atoms with Gasteiger partial charge >= 0.3 is 6.18 Å². The van der Waals surface area contributed by atoms with E-state index in [1.54, 1.807) is 0 Å². The molecule has 2 heterocycles. The van der Waals surface area contributed by atoms with Gasteiger partial charge in [-0.3, -0.25) is 0 Å². The van der Waals surface area contributed by atoms with Gasteiger partial charge in [-0.25, -0.2) is 4.68 Å². The molecular formula is C18H15F3N4. The summed E-state index contributed by atoms with van der Waals surface area (Å²) in [4.78, 5) is 0. The van der Waals surface area contributed by atoms with E-state index >= 15 is 0 Å². The molecule has 1 N–H and O–H groups in total. The van der Waals surface area contributed by atoms with Crippen LogP contribution >= 0.6 is 0 Å². The summed E-state index contributed by atoms with van der Waals surface area (Å²) in [6.45, 7) is 1.19. The first-order chi connectivity index (χ1) is 12.0. The van der Waals surface area contributed by atoms with Gasteiger partial charge in [0, 0.05) is 12.1 Å². The standard InChI is InChI=1S/C18H15F3N4/c19-18(20,21)14-8-6-13(7-9-14)17-16-10-22-15(11-25(16)24-23-17)12-4-2-1-3-5-12/h1-9,15,22H,10-11H2/t15-/m0/s1. The van der Waals surface area contributed by atoms with E-state index in [4.69, 9.17) is 0 Å². The Kier molecular flexibility index (Phi) is 3.80. The van der Waals surface area contributed by atoms with E-state index in [0.717, 1.165) is 17.8 Å². The van der Waals surface area contributed by atoms with Crippen molar-refractivity contribution >= 4 is 0 Å². The van der Waals surface area contributed by atoms with E-state index in [-0.39, 0.29) is 6.04 Å². The van der Waals surface area contributed by atoms with Crippen molar-refractivity contribution in [2.24, 2.45) is 0 Å². The van der Waals surface area contributed by atoms with E-state index in [1.165, 1.54) is 17.7 Å². The van der Waals surface area contributed by atoms with Gasteiger partial charge in [-0.15, -0.1) is 5.10 Å². The van der Waals surface area contributed by atoms with E-state index < -0.39 is 11.7 Å². The quantitative estimate of drug-likeness (QED) is 0.769. The summed E-state index contributed by atoms with van der Waals surface area (Å²) >= 11 is 0. The summed E-state index contributed by atoms with van der Waals surface area (Å²) < 4.78 is 39.9. The fourth-order valence-electron chi connectivity index (χ4n) is 3.06. The number of nitrogens with zero attached hydrogens (tertiary/aromatic N) is 3. The molecule has 0 fully saturated rings. The van der Waals surface area contributed by atoms with E-state index in [9.17, 15) is 13.2 Å². The topological polar surface area (TPSA) is 42.7 Å². The van der Waals surface area contributed by atoms with Gasteiger partial charge < -0.3 is 5.32 Å². The van der Waals surface area contributed by atoms with Crippen molar-refractivity contribution in [3.63, 3.8) is 0 Å². The molecule has 1 aromatic heterocycles. The molecule has 0 bridgehead atoms. The number of nitrogens with one attached hydrogen (secondary N) is 1. The number of aromatic nitrogens is 3. The largest absolute Gasteiger partial charge is 0.416 e. The minimum absolute atomic E-state index is 0.135. The molecule has 1 aliphatic heterocycles. The molecule has 0 saturated heterocycles. The van der Waals surface area contributed by atoms with Crippen LogP contribution in [0.4, 0.5) is 13.2 Å². The number of benzene rings is 2. The highest BCUT2D eigenvalue weighted by molar-refractivity contribution is 5.62. The van der Waals surface area contributed by atoms with Gasteiger partial charge in [0.1, 0.15) is 5.69 Å². The first-order valence-electron chi connectivity index (χ1n) is 7.91. The lowest BCUT2D eigenvalue weighted by Gasteiger charge is -2.25. The molecule has 7 heteroatoms. The Morgan fingerprint density at radius 3 is 2.40 bits per heavy atom. The van der Waals surface area contributed by atoms with Gasteiger partial charge in [-0.1, -0.05) is 47.7 Å². The van der Waals surface area contributed by atoms with Crippen molar-refractivity contribution in [2.75, 3.05) is 0 Å². The molecule has 2 aromatic carbocycles. The first kappa shape index (κ1) is 15.8. The van der Waals surface area contributed by atoms with Crippen molar-refractivity contribution < 1.29 is 13.2 Å². The normalized spacial score (nSPS) is 17.3. The monoisotopic (exact) mass is 344 g/mol. The Balaban J connectivity index is 1.60. The number of hydrogen-bond donors (Lipinski definition) is 1. The maximum absolute atomic E-state index is 12.7. The van der Waals surface area contributed by atoms with Crippen LogP contribution in [0, 0.1) is 0 Å². The third kappa shape index (κ3) is 3.02. The zero-order chi connectivity index (χ0) is 17.4. The van der Waals surface area contributed by atoms with Crippen LogP contribution in [-0.2, 0) is 19.3 Å². The molecular weight excluding hydrogens is 329 g/mol. The molecule has 0 saturated carbocycles. The summed E-state index contributed by atoms with van der Waals surface area (Å²) in [7, 11) is 0. The van der Waals surface area contributed by atoms with Crippen LogP contribution in [0.25, 0.3) is 11.3 Å². The number of hydrogen-bond acceptors (Lipinski definition) is 3. The highest BCUT2D eigenvalue weighted by Crippen LogP contribution is 2.32. The first-order valence-corrected chi connectivity index (χ1v) is 7.91. The van der Waals surface area contributed by atoms with Gasteiger partial charge in [0.25, 0.3) is 0 Å². The number of alkyl halides is 3. The van der Waals surface area contributed by atoms with Gasteiger partial charge in [0.15, 0.2) is 0 Å². The van der Waals surface area contributed by atoms with E-state index in [1.807, 2.05) is 22.9 Å². The third-order valence-electron chi connectivity index (χ3n) is 4.40. The van der Waals surface area contributed by atoms with Crippen LogP contribution < -0.4 is 5.32 Å². The van der Waals surface area contributed by atoms with Crippen LogP contribution in [-0.4, -0.2) is 15.0 Å². The average Bonchev–Trinajstić information content (AvgIpc) is 3.05. The van der Waals surface area contributed by atoms with Gasteiger partial charge in [0.05, 0.1) is 23.8 Å². The highest BCUT2D eigenvalue weighted by atomic mass is 19.4. The average molecular weight is 344 g/mol. The molecule has 25 heavy (non-hydrogen) atoms. The Morgan fingerprint density at radius 2 is 1.72 bits per heavy atom. The molecule has 0 amide bonds.